The third-order valence-electron chi connectivity index (χ3n) is 4.21. The van der Waals surface area contributed by atoms with Crippen LogP contribution in [0.25, 0.3) is 0 Å². The molecule has 6 heteroatoms. The summed E-state index contributed by atoms with van der Waals surface area (Å²) >= 11 is 0. The van der Waals surface area contributed by atoms with E-state index in [4.69, 9.17) is 9.73 Å². The molecule has 1 aliphatic heterocycles. The van der Waals surface area contributed by atoms with Crippen molar-refractivity contribution in [3.63, 3.8) is 0 Å². The minimum Gasteiger partial charge on any atom is -0.379 e. The van der Waals surface area contributed by atoms with Crippen LogP contribution >= 0.6 is 24.0 Å². The second-order valence-corrected chi connectivity index (χ2v) is 6.41. The molecule has 0 saturated carbocycles. The lowest BCUT2D eigenvalue weighted by Crippen LogP contribution is -2.50. The highest BCUT2D eigenvalue weighted by atomic mass is 127. The Hall–Kier alpha value is -0.0800. The highest BCUT2D eigenvalue weighted by molar-refractivity contribution is 14.0. The molecule has 2 N–H and O–H groups in total. The number of guanidine groups is 1. The van der Waals surface area contributed by atoms with Crippen LogP contribution in [-0.4, -0.2) is 61.8 Å². The molecule has 0 amide bonds. The van der Waals surface area contributed by atoms with Crippen LogP contribution in [0.15, 0.2) is 4.99 Å². The van der Waals surface area contributed by atoms with E-state index >= 15 is 0 Å². The number of nitrogens with one attached hydrogen (secondary N) is 2. The maximum absolute atomic E-state index is 5.50. The smallest absolute Gasteiger partial charge is 0.191 e. The zero-order chi connectivity index (χ0) is 15.8. The van der Waals surface area contributed by atoms with Crippen LogP contribution in [0.5, 0.6) is 0 Å². The van der Waals surface area contributed by atoms with Crippen LogP contribution in [0.2, 0.25) is 0 Å². The number of nitrogens with zero attached hydrogens (tertiary/aromatic N) is 2. The summed E-state index contributed by atoms with van der Waals surface area (Å²) in [7, 11) is 0. The normalized spacial score (nSPS) is 22.9. The van der Waals surface area contributed by atoms with Crippen molar-refractivity contribution >= 4 is 29.9 Å². The first-order valence-electron chi connectivity index (χ1n) is 8.34. The predicted octanol–water partition coefficient (Wildman–Crippen LogP) is 2.31. The lowest BCUT2D eigenvalue weighted by atomic mass is 10.1. The van der Waals surface area contributed by atoms with Gasteiger partial charge < -0.3 is 15.4 Å². The average Bonchev–Trinajstić information content (AvgIpc) is 2.45. The lowest BCUT2D eigenvalue weighted by molar-refractivity contribution is -0.0165. The quantitative estimate of drug-likeness (QED) is 0.389. The number of ether oxygens (including phenoxy) is 1. The van der Waals surface area contributed by atoms with Gasteiger partial charge in [-0.2, -0.15) is 0 Å². The summed E-state index contributed by atoms with van der Waals surface area (Å²) < 4.78 is 5.50. The first-order chi connectivity index (χ1) is 9.95. The van der Waals surface area contributed by atoms with Crippen molar-refractivity contribution < 1.29 is 4.74 Å². The molecule has 1 rings (SSSR count). The first-order valence-corrected chi connectivity index (χ1v) is 8.34. The van der Waals surface area contributed by atoms with Gasteiger partial charge in [-0.1, -0.05) is 13.8 Å². The fourth-order valence-electron chi connectivity index (χ4n) is 2.43. The Morgan fingerprint density at radius 2 is 2.00 bits per heavy atom. The Balaban J connectivity index is 0.00000441. The highest BCUT2D eigenvalue weighted by Gasteiger charge is 2.23. The monoisotopic (exact) mass is 426 g/mol. The van der Waals surface area contributed by atoms with Gasteiger partial charge in [-0.3, -0.25) is 9.89 Å². The van der Waals surface area contributed by atoms with Crippen molar-refractivity contribution in [1.29, 1.82) is 0 Å². The summed E-state index contributed by atoms with van der Waals surface area (Å²) in [5.41, 5.74) is 0. The molecule has 22 heavy (non-hydrogen) atoms. The number of halogens is 1. The third kappa shape index (κ3) is 7.46. The molecule has 0 aromatic rings. The van der Waals surface area contributed by atoms with Crippen molar-refractivity contribution in [1.82, 2.24) is 15.5 Å². The van der Waals surface area contributed by atoms with Gasteiger partial charge in [-0.25, -0.2) is 0 Å². The van der Waals surface area contributed by atoms with E-state index < -0.39 is 0 Å². The number of aliphatic imine (C=N–C) groups is 1. The van der Waals surface area contributed by atoms with E-state index in [1.807, 2.05) is 0 Å². The Bertz CT molecular complexity index is 325. The molecular weight excluding hydrogens is 391 g/mol. The van der Waals surface area contributed by atoms with Gasteiger partial charge in [0.25, 0.3) is 0 Å². The summed E-state index contributed by atoms with van der Waals surface area (Å²) in [4.78, 5) is 7.25. The van der Waals surface area contributed by atoms with E-state index in [2.05, 4.69) is 57.1 Å². The molecule has 1 aliphatic rings. The second-order valence-electron chi connectivity index (χ2n) is 6.41. The number of rotatable bonds is 6. The molecule has 3 atom stereocenters. The maximum Gasteiger partial charge on any atom is 0.191 e. The minimum absolute atomic E-state index is 0. The summed E-state index contributed by atoms with van der Waals surface area (Å²) in [6, 6.07) is 1.34. The van der Waals surface area contributed by atoms with Gasteiger partial charge in [0.15, 0.2) is 5.96 Å². The largest absolute Gasteiger partial charge is 0.379 e. The second kappa shape index (κ2) is 11.5. The molecule has 5 nitrogen and oxygen atoms in total. The van der Waals surface area contributed by atoms with Gasteiger partial charge in [-0.05, 0) is 33.6 Å². The summed E-state index contributed by atoms with van der Waals surface area (Å²) in [6.07, 6.45) is 0. The fourth-order valence-corrected chi connectivity index (χ4v) is 2.43. The molecule has 3 unspecified atom stereocenters. The van der Waals surface area contributed by atoms with Crippen molar-refractivity contribution in [3.8, 4) is 0 Å². The topological polar surface area (TPSA) is 48.9 Å². The first kappa shape index (κ1) is 21.9. The predicted molar refractivity (Wildman–Crippen MR) is 105 cm³/mol. The molecule has 0 aliphatic carbocycles. The summed E-state index contributed by atoms with van der Waals surface area (Å²) in [5.74, 6) is 1.51. The molecule has 1 heterocycles. The van der Waals surface area contributed by atoms with Gasteiger partial charge in [0.2, 0.25) is 0 Å². The molecule has 0 aromatic carbocycles. The number of morpholine rings is 1. The lowest BCUT2D eigenvalue weighted by Gasteiger charge is -2.37. The van der Waals surface area contributed by atoms with Crippen molar-refractivity contribution in [2.45, 2.75) is 59.7 Å². The highest BCUT2D eigenvalue weighted by Crippen LogP contribution is 2.11. The fraction of sp³-hybridized carbons (Fsp3) is 0.938. The summed E-state index contributed by atoms with van der Waals surface area (Å²) in [5, 5.41) is 6.82. The molecule has 0 radical (unpaired) electrons. The van der Waals surface area contributed by atoms with Crippen molar-refractivity contribution in [2.24, 2.45) is 10.9 Å². The van der Waals surface area contributed by atoms with E-state index in [1.54, 1.807) is 0 Å². The molecule has 0 bridgehead atoms. The van der Waals surface area contributed by atoms with Crippen LogP contribution in [0.4, 0.5) is 0 Å². The van der Waals surface area contributed by atoms with Crippen LogP contribution in [-0.2, 0) is 4.74 Å². The minimum atomic E-state index is 0. The SMILES string of the molecule is CCNC(=NCC(C)N1CCOCC1C)NC(C)C(C)C.I. The molecule has 1 saturated heterocycles. The maximum atomic E-state index is 5.50. The molecule has 1 fully saturated rings. The van der Waals surface area contributed by atoms with Gasteiger partial charge in [0.1, 0.15) is 0 Å². The number of hydrogen-bond acceptors (Lipinski definition) is 3. The Morgan fingerprint density at radius 3 is 2.55 bits per heavy atom. The van der Waals surface area contributed by atoms with Crippen molar-refractivity contribution in [3.05, 3.63) is 0 Å². The summed E-state index contributed by atoms with van der Waals surface area (Å²) in [6.45, 7) is 17.6. The van der Waals surface area contributed by atoms with Crippen LogP contribution in [0, 0.1) is 5.92 Å². The molecular formula is C16H35IN4O. The van der Waals surface area contributed by atoms with Crippen LogP contribution in [0.3, 0.4) is 0 Å². The van der Waals surface area contributed by atoms with E-state index in [0.717, 1.165) is 38.8 Å². The van der Waals surface area contributed by atoms with Gasteiger partial charge in [-0.15, -0.1) is 24.0 Å². The van der Waals surface area contributed by atoms with Crippen LogP contribution in [0.1, 0.15) is 41.5 Å². The van der Waals surface area contributed by atoms with Crippen LogP contribution < -0.4 is 10.6 Å². The Kier molecular flexibility index (Phi) is 11.4. The Labute approximate surface area is 153 Å². The van der Waals surface area contributed by atoms with E-state index in [9.17, 15) is 0 Å². The van der Waals surface area contributed by atoms with Crippen molar-refractivity contribution in [2.75, 3.05) is 32.8 Å². The van der Waals surface area contributed by atoms with Gasteiger partial charge in [0, 0.05) is 31.2 Å². The zero-order valence-corrected chi connectivity index (χ0v) is 17.4. The van der Waals surface area contributed by atoms with E-state index in [0.29, 0.717) is 24.0 Å². The van der Waals surface area contributed by atoms with Gasteiger partial charge >= 0.3 is 0 Å². The van der Waals surface area contributed by atoms with Gasteiger partial charge in [0.05, 0.1) is 19.8 Å². The molecule has 0 spiro atoms. The van der Waals surface area contributed by atoms with E-state index in [-0.39, 0.29) is 24.0 Å². The molecule has 0 aromatic heterocycles. The Morgan fingerprint density at radius 1 is 1.32 bits per heavy atom. The standard InChI is InChI=1S/C16H34N4O.HI/c1-7-17-16(19-15(6)12(2)3)18-10-13(4)20-8-9-21-11-14(20)5;/h12-15H,7-11H2,1-6H3,(H2,17,18,19);1H. The average molecular weight is 426 g/mol. The number of hydrogen-bond donors (Lipinski definition) is 2. The zero-order valence-electron chi connectivity index (χ0n) is 15.1. The molecule has 132 valence electrons. The van der Waals surface area contributed by atoms with E-state index in [1.165, 1.54) is 0 Å². The third-order valence-corrected chi connectivity index (χ3v) is 4.21.